The molecule has 0 aliphatic carbocycles. The van der Waals surface area contributed by atoms with Gasteiger partial charge in [-0.3, -0.25) is 4.79 Å². The fourth-order valence-electron chi connectivity index (χ4n) is 9.78. The molecule has 6 saturated heterocycles. The maximum atomic E-state index is 12.5. The summed E-state index contributed by atoms with van der Waals surface area (Å²) in [5, 5.41) is 246. The number of amides is 1. The van der Waals surface area contributed by atoms with Crippen LogP contribution >= 0.6 is 0 Å². The lowest BCUT2D eigenvalue weighted by molar-refractivity contribution is -0.386. The van der Waals surface area contributed by atoms with E-state index in [-0.39, 0.29) is 0 Å². The summed E-state index contributed by atoms with van der Waals surface area (Å²) in [5.74, 6) is -0.905. The van der Waals surface area contributed by atoms with Crippen LogP contribution < -0.4 is 5.32 Å². The topological polar surface area (TPSA) is 605 Å². The van der Waals surface area contributed by atoms with Crippen molar-refractivity contribution < 1.29 is 179 Å². The maximum Gasteiger partial charge on any atom is 0.217 e. The third-order valence-corrected chi connectivity index (χ3v) is 14.6. The number of hydrogen-bond acceptors (Lipinski definition) is 36. The molecule has 0 aromatic carbocycles. The molecule has 6 aliphatic heterocycles. The molecule has 34 atom stereocenters. The molecule has 37 nitrogen and oxygen atoms in total. The Hall–Kier alpha value is -1.93. The fourth-order valence-corrected chi connectivity index (χ4v) is 9.78. The summed E-state index contributed by atoms with van der Waals surface area (Å²) >= 11 is 0. The summed E-state index contributed by atoms with van der Waals surface area (Å²) in [6, 6.07) is -1.86. The molecule has 6 aliphatic rings. The number of carbonyl (C=O) groups is 1. The third kappa shape index (κ3) is 15.3. The Labute approximate surface area is 458 Å². The molecule has 81 heavy (non-hydrogen) atoms. The van der Waals surface area contributed by atoms with Crippen LogP contribution in [0.3, 0.4) is 0 Å². The monoisotopic (exact) mass is 1200 g/mol. The van der Waals surface area contributed by atoms with Crippen LogP contribution in [0.25, 0.3) is 0 Å². The van der Waals surface area contributed by atoms with E-state index in [9.17, 15) is 122 Å². The quantitative estimate of drug-likeness (QED) is 0.0427. The number of carbonyl (C=O) groups excluding carboxylic acids is 1. The minimum absolute atomic E-state index is 0.885. The molecule has 37 heteroatoms. The minimum atomic E-state index is -2.35. The SMILES string of the molecule is CC(=O)N[C@H]1[C@H](O[C@@H]([C@H](O)[C@@H](O)CO)[C@H](O)CO)O[C@H](CO)[C@@H](O[C@@H]2O[C@H](CO[C@H]3O[C@H](CO[C@H]4O[C@H](CO)[C@@H](O)[C@H](O)[C@@H]4O)[C@@H](O)[C@H](O[C@H]4O[C@H](CO)[C@@H](O)[C@H](O)[C@@H]4O)[C@@H]3O)[C@@H](O)[C@H](O[C@H]3O[C@H](CO)[C@@H](O)[C@H](O)[C@@H]3O)[C@@H]2O)[C@@H]1O. The van der Waals surface area contributed by atoms with E-state index in [2.05, 4.69) is 5.32 Å². The van der Waals surface area contributed by atoms with Gasteiger partial charge in [0.05, 0.1) is 52.9 Å². The zero-order chi connectivity index (χ0) is 60.1. The molecule has 0 saturated carbocycles. The number of hydrogen-bond donors (Lipinski definition) is 24. The predicted octanol–water partition coefficient (Wildman–Crippen LogP) is -16.5. The first-order chi connectivity index (χ1) is 38.3. The van der Waals surface area contributed by atoms with Gasteiger partial charge in [-0.1, -0.05) is 0 Å². The van der Waals surface area contributed by atoms with Crippen LogP contribution in [0, 0.1) is 0 Å². The summed E-state index contributed by atoms with van der Waals surface area (Å²) in [6.07, 6.45) is -66.6. The molecule has 6 rings (SSSR count). The molecular formula is C44H77NO36. The second kappa shape index (κ2) is 30.1. The van der Waals surface area contributed by atoms with Crippen LogP contribution in [-0.2, 0) is 61.6 Å². The summed E-state index contributed by atoms with van der Waals surface area (Å²) in [6.45, 7) is -7.22. The van der Waals surface area contributed by atoms with Crippen molar-refractivity contribution >= 4 is 5.91 Å². The van der Waals surface area contributed by atoms with Gasteiger partial charge >= 0.3 is 0 Å². The molecule has 0 bridgehead atoms. The molecule has 6 heterocycles. The summed E-state index contributed by atoms with van der Waals surface area (Å²) in [4.78, 5) is 12.5. The molecule has 0 aromatic rings. The van der Waals surface area contributed by atoms with Gasteiger partial charge in [-0.05, 0) is 0 Å². The van der Waals surface area contributed by atoms with E-state index in [0.29, 0.717) is 0 Å². The Balaban J connectivity index is 1.30. The molecule has 24 N–H and O–H groups in total. The fraction of sp³-hybridized carbons (Fsp3) is 0.977. The normalized spacial score (nSPS) is 47.8. The number of nitrogens with one attached hydrogen (secondary N) is 1. The minimum Gasteiger partial charge on any atom is -0.394 e. The third-order valence-electron chi connectivity index (χ3n) is 14.6. The highest BCUT2D eigenvalue weighted by molar-refractivity contribution is 5.73. The average Bonchev–Trinajstić information content (AvgIpc) is 3.65. The van der Waals surface area contributed by atoms with Crippen molar-refractivity contribution in [2.75, 3.05) is 52.9 Å². The molecule has 0 radical (unpaired) electrons. The Morgan fingerprint density at radius 1 is 0.395 bits per heavy atom. The Bertz CT molecular complexity index is 1890. The first-order valence-electron chi connectivity index (χ1n) is 25.6. The second-order valence-corrected chi connectivity index (χ2v) is 20.1. The van der Waals surface area contributed by atoms with Gasteiger partial charge in [0, 0.05) is 6.92 Å². The van der Waals surface area contributed by atoms with Crippen molar-refractivity contribution in [2.24, 2.45) is 0 Å². The van der Waals surface area contributed by atoms with Gasteiger partial charge in [0.25, 0.3) is 0 Å². The molecule has 0 aromatic heterocycles. The molecule has 474 valence electrons. The van der Waals surface area contributed by atoms with Gasteiger partial charge in [0.15, 0.2) is 37.7 Å². The zero-order valence-electron chi connectivity index (χ0n) is 42.9. The van der Waals surface area contributed by atoms with Gasteiger partial charge in [-0.2, -0.15) is 0 Å². The maximum absolute atomic E-state index is 12.5. The highest BCUT2D eigenvalue weighted by Gasteiger charge is 2.57. The lowest BCUT2D eigenvalue weighted by Crippen LogP contribution is -2.69. The Morgan fingerprint density at radius 3 is 1.16 bits per heavy atom. The van der Waals surface area contributed by atoms with E-state index in [4.69, 9.17) is 56.8 Å². The average molecular weight is 1200 g/mol. The predicted molar refractivity (Wildman–Crippen MR) is 246 cm³/mol. The lowest BCUT2D eigenvalue weighted by Gasteiger charge is -2.49. The van der Waals surface area contributed by atoms with Crippen LogP contribution in [0.4, 0.5) is 0 Å². The number of rotatable bonds is 24. The van der Waals surface area contributed by atoms with E-state index < -0.39 is 267 Å². The number of aliphatic hydroxyl groups is 23. The molecule has 1 amide bonds. The van der Waals surface area contributed by atoms with Gasteiger partial charge < -0.3 is 180 Å². The highest BCUT2D eigenvalue weighted by atomic mass is 16.8. The van der Waals surface area contributed by atoms with Gasteiger partial charge in [0.2, 0.25) is 5.91 Å². The number of ether oxygens (including phenoxy) is 12. The van der Waals surface area contributed by atoms with Crippen molar-refractivity contribution in [3.8, 4) is 0 Å². The molecule has 6 fully saturated rings. The molecule has 0 spiro atoms. The van der Waals surface area contributed by atoms with Crippen molar-refractivity contribution in [3.05, 3.63) is 0 Å². The summed E-state index contributed by atoms with van der Waals surface area (Å²) < 4.78 is 68.2. The second-order valence-electron chi connectivity index (χ2n) is 20.1. The lowest BCUT2D eigenvalue weighted by atomic mass is 9.94. The highest BCUT2D eigenvalue weighted by Crippen LogP contribution is 2.36. The van der Waals surface area contributed by atoms with E-state index in [0.717, 1.165) is 6.92 Å². The van der Waals surface area contributed by atoms with Crippen LogP contribution in [0.1, 0.15) is 6.92 Å². The van der Waals surface area contributed by atoms with E-state index in [1.165, 1.54) is 0 Å². The summed E-state index contributed by atoms with van der Waals surface area (Å²) in [7, 11) is 0. The van der Waals surface area contributed by atoms with E-state index >= 15 is 0 Å². The first kappa shape index (κ1) is 68.2. The summed E-state index contributed by atoms with van der Waals surface area (Å²) in [5.41, 5.74) is 0. The molecular weight excluding hydrogens is 1120 g/mol. The molecule has 0 unspecified atom stereocenters. The zero-order valence-corrected chi connectivity index (χ0v) is 42.9. The van der Waals surface area contributed by atoms with Crippen LogP contribution in [-0.4, -0.2) is 385 Å². The van der Waals surface area contributed by atoms with Crippen LogP contribution in [0.2, 0.25) is 0 Å². The Morgan fingerprint density at radius 2 is 0.741 bits per heavy atom. The van der Waals surface area contributed by atoms with Crippen LogP contribution in [0.5, 0.6) is 0 Å². The largest absolute Gasteiger partial charge is 0.394 e. The van der Waals surface area contributed by atoms with Gasteiger partial charge in [-0.15, -0.1) is 0 Å². The number of aliphatic hydroxyl groups excluding tert-OH is 23. The van der Waals surface area contributed by atoms with E-state index in [1.807, 2.05) is 0 Å². The van der Waals surface area contributed by atoms with Crippen molar-refractivity contribution in [3.63, 3.8) is 0 Å². The first-order valence-corrected chi connectivity index (χ1v) is 25.6. The van der Waals surface area contributed by atoms with E-state index in [1.54, 1.807) is 0 Å². The van der Waals surface area contributed by atoms with Crippen molar-refractivity contribution in [1.29, 1.82) is 0 Å². The van der Waals surface area contributed by atoms with Gasteiger partial charge in [-0.25, -0.2) is 0 Å². The van der Waals surface area contributed by atoms with Gasteiger partial charge in [0.1, 0.15) is 171 Å². The Kier molecular flexibility index (Phi) is 25.4. The van der Waals surface area contributed by atoms with Crippen LogP contribution in [0.15, 0.2) is 0 Å². The van der Waals surface area contributed by atoms with Crippen molar-refractivity contribution in [2.45, 2.75) is 216 Å². The van der Waals surface area contributed by atoms with Crippen molar-refractivity contribution in [1.82, 2.24) is 5.32 Å². The smallest absolute Gasteiger partial charge is 0.217 e. The standard InChI is InChI=1S/C44H77NO36/c1-10(52)45-19-26(61)36(16(7-51)75-39(19)78-35(12(54)3-47)20(55)11(53)2-46)79-44-34(69)38(81-43-32(67)29(64)23(58)15(6-50)74-43)25(60)18(77-44)9-71-41-33(68)37(80-42-31(66)28(63)22(57)14(5-49)73-42)24(59)17(76-41)8-70-40-30(65)27(62)21(56)13(4-48)72-40/h11-44,46-51,53-69H,2-9H2,1H3,(H,45,52)/t11-,12+,13+,14+,15+,16+,17+,18+,19+,20+,21+,22+,23+,24+,25+,26+,27-,28-,29-,30-,31-,32-,33-,34-,35+,36+,37-,38-,39-,40-,41-,42+,43+,44-/m0/s1.